The van der Waals surface area contributed by atoms with Crippen LogP contribution in [0.15, 0.2) is 35.2 Å². The first-order chi connectivity index (χ1) is 15.0. The van der Waals surface area contributed by atoms with Gasteiger partial charge in [0, 0.05) is 5.56 Å². The topological polar surface area (TPSA) is 55.4 Å². The molecule has 32 heavy (non-hydrogen) atoms. The Hall–Kier alpha value is -2.53. The Balaban J connectivity index is 1.82. The highest BCUT2D eigenvalue weighted by molar-refractivity contribution is 8.18. The minimum Gasteiger partial charge on any atom is -0.493 e. The number of rotatable bonds is 4. The van der Waals surface area contributed by atoms with Crippen molar-refractivity contribution in [1.82, 2.24) is 5.32 Å². The largest absolute Gasteiger partial charge is 0.493 e. The quantitative estimate of drug-likeness (QED) is 0.526. The number of thioether (sulfide) groups is 1. The second kappa shape index (κ2) is 8.11. The maximum absolute atomic E-state index is 11.9. The van der Waals surface area contributed by atoms with Gasteiger partial charge >= 0.3 is 0 Å². The predicted octanol–water partition coefficient (Wildman–Crippen LogP) is 6.73. The molecule has 0 spiro atoms. The van der Waals surface area contributed by atoms with Gasteiger partial charge in [-0.1, -0.05) is 45.9 Å². The van der Waals surface area contributed by atoms with Gasteiger partial charge in [-0.15, -0.1) is 0 Å². The molecule has 2 amide bonds. The summed E-state index contributed by atoms with van der Waals surface area (Å²) in [5, 5.41) is 1.97. The van der Waals surface area contributed by atoms with Crippen molar-refractivity contribution in [3.63, 3.8) is 0 Å². The smallest absolute Gasteiger partial charge is 0.290 e. The van der Waals surface area contributed by atoms with Gasteiger partial charge in [-0.05, 0) is 95.3 Å². The zero-order valence-corrected chi connectivity index (χ0v) is 20.5. The van der Waals surface area contributed by atoms with Crippen LogP contribution in [0.5, 0.6) is 5.75 Å². The average molecular weight is 450 g/mol. The molecule has 1 saturated heterocycles. The third-order valence-electron chi connectivity index (χ3n) is 6.73. The number of nitrogens with one attached hydrogen (secondary N) is 1. The number of hydrogen-bond donors (Lipinski definition) is 1. The Morgan fingerprint density at radius 1 is 1.00 bits per heavy atom. The lowest BCUT2D eigenvalue weighted by Gasteiger charge is -2.42. The Morgan fingerprint density at radius 3 is 2.25 bits per heavy atom. The molecule has 0 saturated carbocycles. The Bertz CT molecular complexity index is 1140. The van der Waals surface area contributed by atoms with Crippen LogP contribution in [0.25, 0.3) is 17.2 Å². The first kappa shape index (κ1) is 22.7. The number of carbonyl (C=O) groups is 2. The monoisotopic (exact) mass is 449 g/mol. The molecule has 2 aromatic rings. The van der Waals surface area contributed by atoms with Crippen molar-refractivity contribution in [1.29, 1.82) is 0 Å². The third-order valence-corrected chi connectivity index (χ3v) is 7.54. The summed E-state index contributed by atoms with van der Waals surface area (Å²) in [4.78, 5) is 23.8. The molecule has 0 aromatic heterocycles. The van der Waals surface area contributed by atoms with Gasteiger partial charge in [0.25, 0.3) is 11.1 Å². The van der Waals surface area contributed by atoms with Gasteiger partial charge in [-0.3, -0.25) is 14.9 Å². The van der Waals surface area contributed by atoms with E-state index < -0.39 is 0 Å². The molecule has 0 unspecified atom stereocenters. The van der Waals surface area contributed by atoms with E-state index in [4.69, 9.17) is 4.74 Å². The fourth-order valence-corrected chi connectivity index (χ4v) is 5.39. The predicted molar refractivity (Wildman–Crippen MR) is 132 cm³/mol. The van der Waals surface area contributed by atoms with E-state index in [1.807, 2.05) is 19.1 Å². The molecule has 0 atom stereocenters. The molecule has 4 nitrogen and oxygen atoms in total. The molecular formula is C27H31NO3S. The number of carbonyl (C=O) groups excluding carboxylic acids is 2. The normalized spacial score (nSPS) is 20.2. The Labute approximate surface area is 194 Å². The van der Waals surface area contributed by atoms with Crippen molar-refractivity contribution in [2.75, 3.05) is 6.61 Å². The molecule has 0 radical (unpaired) electrons. The van der Waals surface area contributed by atoms with Crippen LogP contribution in [0.4, 0.5) is 4.79 Å². The summed E-state index contributed by atoms with van der Waals surface area (Å²) in [5.74, 6) is 0.435. The minimum absolute atomic E-state index is 0.128. The number of benzene rings is 2. The highest BCUT2D eigenvalue weighted by atomic mass is 32.2. The highest BCUT2D eigenvalue weighted by Crippen LogP contribution is 2.48. The van der Waals surface area contributed by atoms with Crippen LogP contribution in [0.2, 0.25) is 0 Å². The lowest BCUT2D eigenvalue weighted by Crippen LogP contribution is -2.34. The number of aryl methyl sites for hydroxylation is 1. The van der Waals surface area contributed by atoms with Crippen molar-refractivity contribution >= 4 is 29.0 Å². The van der Waals surface area contributed by atoms with Crippen molar-refractivity contribution in [2.24, 2.45) is 0 Å². The lowest BCUT2D eigenvalue weighted by molar-refractivity contribution is -0.115. The first-order valence-corrected chi connectivity index (χ1v) is 12.0. The van der Waals surface area contributed by atoms with Gasteiger partial charge in [-0.25, -0.2) is 0 Å². The van der Waals surface area contributed by atoms with E-state index in [0.717, 1.165) is 28.6 Å². The van der Waals surface area contributed by atoms with Crippen LogP contribution in [0, 0.1) is 6.92 Å². The maximum Gasteiger partial charge on any atom is 0.290 e. The number of imide groups is 1. The second-order valence-electron chi connectivity index (χ2n) is 10.0. The van der Waals surface area contributed by atoms with Crippen LogP contribution in [-0.2, 0) is 15.6 Å². The zero-order valence-electron chi connectivity index (χ0n) is 19.7. The van der Waals surface area contributed by atoms with Gasteiger partial charge in [0.1, 0.15) is 5.75 Å². The van der Waals surface area contributed by atoms with Gasteiger partial charge in [0.15, 0.2) is 0 Å². The van der Waals surface area contributed by atoms with E-state index in [9.17, 15) is 9.59 Å². The second-order valence-corrected chi connectivity index (χ2v) is 11.0. The van der Waals surface area contributed by atoms with Crippen molar-refractivity contribution in [3.05, 3.63) is 57.5 Å². The van der Waals surface area contributed by atoms with Crippen molar-refractivity contribution < 1.29 is 14.3 Å². The molecule has 1 aliphatic heterocycles. The Morgan fingerprint density at radius 2 is 1.66 bits per heavy atom. The molecule has 0 bridgehead atoms. The van der Waals surface area contributed by atoms with E-state index in [1.54, 1.807) is 6.08 Å². The molecule has 1 heterocycles. The van der Waals surface area contributed by atoms with Crippen LogP contribution >= 0.6 is 11.8 Å². The fourth-order valence-electron chi connectivity index (χ4n) is 4.71. The molecule has 1 aliphatic carbocycles. The summed E-state index contributed by atoms with van der Waals surface area (Å²) >= 11 is 0.926. The Kier molecular flexibility index (Phi) is 5.74. The van der Waals surface area contributed by atoms with Crippen LogP contribution < -0.4 is 10.1 Å². The summed E-state index contributed by atoms with van der Waals surface area (Å²) < 4.78 is 6.03. The van der Waals surface area contributed by atoms with Crippen LogP contribution in [-0.4, -0.2) is 17.8 Å². The van der Waals surface area contributed by atoms with Gasteiger partial charge in [0.2, 0.25) is 0 Å². The van der Waals surface area contributed by atoms with E-state index in [1.165, 1.54) is 35.1 Å². The number of hydrogen-bond acceptors (Lipinski definition) is 4. The molecule has 4 rings (SSSR count). The summed E-state index contributed by atoms with van der Waals surface area (Å²) in [6, 6.07) is 10.7. The SMILES string of the molecule is CCOc1cc(/C=C2\SC(=O)NC2=O)ccc1-c1cc2c(cc1C)C(C)(C)CCC2(C)C. The molecule has 2 aliphatic rings. The number of fused-ring (bicyclic) bond motifs is 1. The molecule has 5 heteroatoms. The van der Waals surface area contributed by atoms with Crippen LogP contribution in [0.3, 0.4) is 0 Å². The summed E-state index contributed by atoms with van der Waals surface area (Å²) in [5.41, 5.74) is 7.46. The standard InChI is InChI=1S/C27H31NO3S/c1-7-31-22-13-17(14-23-24(29)28-25(30)32-23)8-9-18(22)19-15-21-20(12-16(19)2)26(3,4)10-11-27(21,5)6/h8-9,12-15H,7,10-11H2,1-6H3,(H,28,29,30)/b23-14-. The summed E-state index contributed by atoms with van der Waals surface area (Å²) in [7, 11) is 0. The minimum atomic E-state index is -0.350. The lowest BCUT2D eigenvalue weighted by atomic mass is 9.62. The van der Waals surface area contributed by atoms with Gasteiger partial charge in [0.05, 0.1) is 11.5 Å². The zero-order chi connectivity index (χ0) is 23.3. The summed E-state index contributed by atoms with van der Waals surface area (Å²) in [6.45, 7) is 14.0. The molecule has 2 aromatic carbocycles. The van der Waals surface area contributed by atoms with E-state index in [0.29, 0.717) is 11.5 Å². The number of ether oxygens (including phenoxy) is 1. The molecular weight excluding hydrogens is 418 g/mol. The van der Waals surface area contributed by atoms with Crippen molar-refractivity contribution in [2.45, 2.75) is 65.2 Å². The number of amides is 2. The molecule has 168 valence electrons. The fraction of sp³-hybridized carbons (Fsp3) is 0.407. The van der Waals surface area contributed by atoms with Gasteiger partial charge in [-0.2, -0.15) is 0 Å². The molecule has 1 fully saturated rings. The average Bonchev–Trinajstić information content (AvgIpc) is 3.03. The third kappa shape index (κ3) is 4.11. The maximum atomic E-state index is 11.9. The van der Waals surface area contributed by atoms with E-state index >= 15 is 0 Å². The van der Waals surface area contributed by atoms with Crippen molar-refractivity contribution in [3.8, 4) is 16.9 Å². The van der Waals surface area contributed by atoms with Crippen LogP contribution in [0.1, 0.15) is 69.7 Å². The van der Waals surface area contributed by atoms with Gasteiger partial charge < -0.3 is 4.74 Å². The summed E-state index contributed by atoms with van der Waals surface area (Å²) in [6.07, 6.45) is 4.09. The molecule has 1 N–H and O–H groups in total. The first-order valence-electron chi connectivity index (χ1n) is 11.2. The van der Waals surface area contributed by atoms with E-state index in [-0.39, 0.29) is 22.0 Å². The highest BCUT2D eigenvalue weighted by Gasteiger charge is 2.37. The van der Waals surface area contributed by atoms with E-state index in [2.05, 4.69) is 58.1 Å².